The number of nitrogens with zero attached hydrogens (tertiary/aromatic N) is 4. The van der Waals surface area contributed by atoms with Crippen LogP contribution < -0.4 is 10.2 Å². The predicted molar refractivity (Wildman–Crippen MR) is 109 cm³/mol. The number of aromatic nitrogens is 3. The summed E-state index contributed by atoms with van der Waals surface area (Å²) in [5.74, 6) is -0.162. The number of pyridine rings is 1. The Kier molecular flexibility index (Phi) is 4.58. The number of aryl methyl sites for hydroxylation is 1. The number of nitrogens with one attached hydrogen (secondary N) is 1. The number of hydrogen-bond donors (Lipinski definition) is 1. The maximum atomic E-state index is 13.0. The van der Waals surface area contributed by atoms with Crippen molar-refractivity contribution >= 4 is 34.2 Å². The fourth-order valence-electron chi connectivity index (χ4n) is 3.58. The summed E-state index contributed by atoms with van der Waals surface area (Å²) < 4.78 is 1.85. The van der Waals surface area contributed by atoms with Crippen LogP contribution >= 0.6 is 0 Å². The Morgan fingerprint density at radius 2 is 2.04 bits per heavy atom. The van der Waals surface area contributed by atoms with Gasteiger partial charge >= 0.3 is 0 Å². The van der Waals surface area contributed by atoms with Crippen molar-refractivity contribution in [3.05, 3.63) is 47.8 Å². The Balaban J connectivity index is 1.66. The summed E-state index contributed by atoms with van der Waals surface area (Å²) in [6.07, 6.45) is 3.11. The summed E-state index contributed by atoms with van der Waals surface area (Å²) in [6, 6.07) is 9.41. The molecule has 7 nitrogen and oxygen atoms in total. The molecule has 4 rings (SSSR count). The third-order valence-electron chi connectivity index (χ3n) is 5.01. The minimum atomic E-state index is -0.247. The van der Waals surface area contributed by atoms with Crippen LogP contribution in [0.3, 0.4) is 0 Å². The Bertz CT molecular complexity index is 1070. The molecule has 0 radical (unpaired) electrons. The molecule has 7 heteroatoms. The molecule has 0 unspecified atom stereocenters. The number of hydrogen-bond acceptors (Lipinski definition) is 4. The highest BCUT2D eigenvalue weighted by molar-refractivity contribution is 6.09. The quantitative estimate of drug-likeness (QED) is 0.752. The largest absolute Gasteiger partial charge is 0.320 e. The third kappa shape index (κ3) is 3.13. The molecule has 0 saturated carbocycles. The van der Waals surface area contributed by atoms with Crippen molar-refractivity contribution in [3.63, 3.8) is 0 Å². The highest BCUT2D eigenvalue weighted by Gasteiger charge is 2.24. The molecule has 1 saturated heterocycles. The van der Waals surface area contributed by atoms with E-state index < -0.39 is 0 Å². The van der Waals surface area contributed by atoms with Gasteiger partial charge in [0.25, 0.3) is 5.91 Å². The second-order valence-corrected chi connectivity index (χ2v) is 7.34. The summed E-state index contributed by atoms with van der Waals surface area (Å²) in [6.45, 7) is 6.58. The summed E-state index contributed by atoms with van der Waals surface area (Å²) in [5, 5.41) is 8.16. The van der Waals surface area contributed by atoms with E-state index in [2.05, 4.69) is 15.4 Å². The van der Waals surface area contributed by atoms with Crippen molar-refractivity contribution in [2.45, 2.75) is 39.7 Å². The van der Waals surface area contributed by atoms with Gasteiger partial charge in [-0.25, -0.2) is 9.67 Å². The maximum absolute atomic E-state index is 13.0. The maximum Gasteiger partial charge on any atom is 0.257 e. The van der Waals surface area contributed by atoms with Gasteiger partial charge in [0, 0.05) is 24.4 Å². The number of amides is 2. The van der Waals surface area contributed by atoms with Crippen LogP contribution in [0.15, 0.2) is 36.5 Å². The molecule has 1 fully saturated rings. The molecule has 1 aromatic carbocycles. The molecule has 2 amide bonds. The molecular weight excluding hydrogens is 354 g/mol. The molecule has 0 bridgehead atoms. The lowest BCUT2D eigenvalue weighted by molar-refractivity contribution is -0.117. The monoisotopic (exact) mass is 377 g/mol. The van der Waals surface area contributed by atoms with E-state index >= 15 is 0 Å². The van der Waals surface area contributed by atoms with Crippen LogP contribution in [0.2, 0.25) is 0 Å². The first-order valence-electron chi connectivity index (χ1n) is 9.51. The van der Waals surface area contributed by atoms with E-state index in [1.165, 1.54) is 0 Å². The molecule has 0 aliphatic carbocycles. The van der Waals surface area contributed by atoms with Crippen molar-refractivity contribution in [3.8, 4) is 0 Å². The molecular formula is C21H23N5O2. The minimum absolute atomic E-state index is 0.0852. The second kappa shape index (κ2) is 7.07. The summed E-state index contributed by atoms with van der Waals surface area (Å²) in [7, 11) is 0. The standard InChI is InChI=1S/C21H23N5O2/c1-13(2)26-20-15(12-22-26)11-16(14(3)23-20)21(28)24-17-7-4-5-8-18(17)25-10-6-9-19(25)27/h4-5,7-8,11-13H,6,9-10H2,1-3H3,(H,24,28). The first kappa shape index (κ1) is 18.2. The topological polar surface area (TPSA) is 80.1 Å². The van der Waals surface area contributed by atoms with Crippen molar-refractivity contribution < 1.29 is 9.59 Å². The zero-order valence-corrected chi connectivity index (χ0v) is 16.3. The lowest BCUT2D eigenvalue weighted by Gasteiger charge is -2.20. The SMILES string of the molecule is Cc1nc2c(cnn2C(C)C)cc1C(=O)Nc1ccccc1N1CCCC1=O. The molecule has 144 valence electrons. The van der Waals surface area contributed by atoms with Crippen molar-refractivity contribution in [2.75, 3.05) is 16.8 Å². The van der Waals surface area contributed by atoms with Crippen LogP contribution in [0.4, 0.5) is 11.4 Å². The van der Waals surface area contributed by atoms with Crippen LogP contribution in [0.5, 0.6) is 0 Å². The average Bonchev–Trinajstić information content (AvgIpc) is 3.27. The van der Waals surface area contributed by atoms with Crippen molar-refractivity contribution in [1.29, 1.82) is 0 Å². The van der Waals surface area contributed by atoms with Gasteiger partial charge in [0.15, 0.2) is 5.65 Å². The van der Waals surface area contributed by atoms with Crippen molar-refractivity contribution in [2.24, 2.45) is 0 Å². The molecule has 0 spiro atoms. The van der Waals surface area contributed by atoms with E-state index in [4.69, 9.17) is 0 Å². The van der Waals surface area contributed by atoms with E-state index in [9.17, 15) is 9.59 Å². The fraction of sp³-hybridized carbons (Fsp3) is 0.333. The second-order valence-electron chi connectivity index (χ2n) is 7.34. The third-order valence-corrected chi connectivity index (χ3v) is 5.01. The Morgan fingerprint density at radius 3 is 2.75 bits per heavy atom. The lowest BCUT2D eigenvalue weighted by atomic mass is 10.1. The van der Waals surface area contributed by atoms with Crippen LogP contribution in [-0.4, -0.2) is 33.1 Å². The zero-order valence-electron chi connectivity index (χ0n) is 16.3. The van der Waals surface area contributed by atoms with Crippen LogP contribution in [0.25, 0.3) is 11.0 Å². The number of fused-ring (bicyclic) bond motifs is 1. The van der Waals surface area contributed by atoms with Gasteiger partial charge in [0.2, 0.25) is 5.91 Å². The smallest absolute Gasteiger partial charge is 0.257 e. The number of anilines is 2. The minimum Gasteiger partial charge on any atom is -0.320 e. The van der Waals surface area contributed by atoms with Gasteiger partial charge in [-0.05, 0) is 45.4 Å². The summed E-state index contributed by atoms with van der Waals surface area (Å²) in [5.41, 5.74) is 3.27. The van der Waals surface area contributed by atoms with E-state index in [1.807, 2.05) is 55.8 Å². The Labute approximate surface area is 163 Å². The normalized spacial score (nSPS) is 14.3. The zero-order chi connectivity index (χ0) is 19.8. The van der Waals surface area contributed by atoms with Crippen LogP contribution in [0.1, 0.15) is 48.8 Å². The number of carbonyl (C=O) groups is 2. The van der Waals surface area contributed by atoms with Crippen LogP contribution in [-0.2, 0) is 4.79 Å². The number of carbonyl (C=O) groups excluding carboxylic acids is 2. The molecule has 28 heavy (non-hydrogen) atoms. The first-order chi connectivity index (χ1) is 13.5. The molecule has 1 aliphatic rings. The number of rotatable bonds is 4. The van der Waals surface area contributed by atoms with Gasteiger partial charge in [-0.1, -0.05) is 12.1 Å². The van der Waals surface area contributed by atoms with Gasteiger partial charge < -0.3 is 10.2 Å². The molecule has 1 aliphatic heterocycles. The van der Waals surface area contributed by atoms with Gasteiger partial charge in [0.1, 0.15) is 0 Å². The molecule has 0 atom stereocenters. The Morgan fingerprint density at radius 1 is 1.25 bits per heavy atom. The number of benzene rings is 1. The highest BCUT2D eigenvalue weighted by Crippen LogP contribution is 2.30. The molecule has 3 aromatic rings. The molecule has 3 heterocycles. The van der Waals surface area contributed by atoms with Gasteiger partial charge in [0.05, 0.1) is 28.8 Å². The van der Waals surface area contributed by atoms with E-state index in [-0.39, 0.29) is 17.9 Å². The molecule has 1 N–H and O–H groups in total. The van der Waals surface area contributed by atoms with E-state index in [0.717, 1.165) is 23.1 Å². The van der Waals surface area contributed by atoms with E-state index in [0.29, 0.717) is 29.9 Å². The van der Waals surface area contributed by atoms with Gasteiger partial charge in [-0.2, -0.15) is 5.10 Å². The molecule has 2 aromatic heterocycles. The first-order valence-corrected chi connectivity index (χ1v) is 9.51. The predicted octanol–water partition coefficient (Wildman–Crippen LogP) is 3.70. The highest BCUT2D eigenvalue weighted by atomic mass is 16.2. The van der Waals surface area contributed by atoms with Crippen LogP contribution in [0, 0.1) is 6.92 Å². The van der Waals surface area contributed by atoms with Crippen molar-refractivity contribution in [1.82, 2.24) is 14.8 Å². The fourth-order valence-corrected chi connectivity index (χ4v) is 3.58. The van der Waals surface area contributed by atoms with Gasteiger partial charge in [-0.3, -0.25) is 9.59 Å². The Hall–Kier alpha value is -3.22. The summed E-state index contributed by atoms with van der Waals surface area (Å²) >= 11 is 0. The summed E-state index contributed by atoms with van der Waals surface area (Å²) in [4.78, 5) is 31.5. The lowest BCUT2D eigenvalue weighted by Crippen LogP contribution is -2.25. The van der Waals surface area contributed by atoms with Gasteiger partial charge in [-0.15, -0.1) is 0 Å². The average molecular weight is 377 g/mol. The van der Waals surface area contributed by atoms with E-state index in [1.54, 1.807) is 11.1 Å². The number of para-hydroxylation sites is 2.